The maximum atomic E-state index is 11.0. The summed E-state index contributed by atoms with van der Waals surface area (Å²) in [5, 5.41) is 12.7. The first-order valence-corrected chi connectivity index (χ1v) is 9.19. The summed E-state index contributed by atoms with van der Waals surface area (Å²) in [5.74, 6) is -0.0817. The van der Waals surface area contributed by atoms with Gasteiger partial charge in [-0.25, -0.2) is 0 Å². The second-order valence-corrected chi connectivity index (χ2v) is 7.21. The summed E-state index contributed by atoms with van der Waals surface area (Å²) in [6.45, 7) is 2.18. The molecule has 1 unspecified atom stereocenters. The number of aryl methyl sites for hydroxylation is 1. The molecule has 0 aliphatic heterocycles. The minimum Gasteiger partial charge on any atom is -0.481 e. The van der Waals surface area contributed by atoms with Crippen molar-refractivity contribution in [1.82, 2.24) is 5.32 Å². The Morgan fingerprint density at radius 1 is 1.12 bits per heavy atom. The molecule has 0 spiro atoms. The van der Waals surface area contributed by atoms with Crippen LogP contribution >= 0.6 is 0 Å². The molecule has 2 aromatic carbocycles. The molecule has 132 valence electrons. The number of aliphatic carboxylic acids is 1. The van der Waals surface area contributed by atoms with E-state index in [4.69, 9.17) is 5.11 Å². The number of benzene rings is 2. The Bertz CT molecular complexity index is 692. The molecule has 25 heavy (non-hydrogen) atoms. The predicted molar refractivity (Wildman–Crippen MR) is 101 cm³/mol. The molecule has 0 saturated heterocycles. The van der Waals surface area contributed by atoms with E-state index in [0.717, 1.165) is 19.3 Å². The number of carboxylic acids is 1. The molecule has 2 aromatic rings. The zero-order valence-electron chi connectivity index (χ0n) is 14.8. The summed E-state index contributed by atoms with van der Waals surface area (Å²) in [6.07, 6.45) is 4.07. The fourth-order valence-corrected chi connectivity index (χ4v) is 3.83. The third-order valence-electron chi connectivity index (χ3n) is 5.27. The highest BCUT2D eigenvalue weighted by molar-refractivity contribution is 5.66. The van der Waals surface area contributed by atoms with Crippen LogP contribution in [0.25, 0.3) is 0 Å². The zero-order valence-corrected chi connectivity index (χ0v) is 14.8. The zero-order chi connectivity index (χ0) is 17.6. The van der Waals surface area contributed by atoms with Crippen LogP contribution in [0.15, 0.2) is 54.6 Å². The Hall–Kier alpha value is -2.13. The molecule has 0 amide bonds. The van der Waals surface area contributed by atoms with E-state index in [0.29, 0.717) is 18.4 Å². The highest BCUT2D eigenvalue weighted by Gasteiger charge is 2.32. The summed E-state index contributed by atoms with van der Waals surface area (Å²) in [5.41, 5.74) is 4.10. The lowest BCUT2D eigenvalue weighted by molar-refractivity contribution is -0.137. The van der Waals surface area contributed by atoms with Gasteiger partial charge < -0.3 is 10.4 Å². The van der Waals surface area contributed by atoms with Crippen molar-refractivity contribution in [1.29, 1.82) is 0 Å². The lowest BCUT2D eigenvalue weighted by Gasteiger charge is -2.39. The fraction of sp³-hybridized carbons (Fsp3) is 0.409. The van der Waals surface area contributed by atoms with Crippen molar-refractivity contribution in [3.05, 3.63) is 71.3 Å². The van der Waals surface area contributed by atoms with E-state index in [1.54, 1.807) is 0 Å². The minimum absolute atomic E-state index is 0.221. The molecule has 1 aliphatic carbocycles. The largest absolute Gasteiger partial charge is 0.481 e. The number of nitrogens with one attached hydrogen (secondary N) is 1. The lowest BCUT2D eigenvalue weighted by Crippen LogP contribution is -2.46. The molecule has 3 rings (SSSR count). The van der Waals surface area contributed by atoms with Gasteiger partial charge in [-0.05, 0) is 55.2 Å². The molecule has 0 radical (unpaired) electrons. The van der Waals surface area contributed by atoms with Gasteiger partial charge in [0.2, 0.25) is 0 Å². The summed E-state index contributed by atoms with van der Waals surface area (Å²) < 4.78 is 0. The van der Waals surface area contributed by atoms with Crippen LogP contribution in [0.4, 0.5) is 0 Å². The number of hydrogen-bond donors (Lipinski definition) is 2. The molecule has 1 saturated carbocycles. The molecule has 1 atom stereocenters. The van der Waals surface area contributed by atoms with Crippen LogP contribution in [-0.2, 0) is 11.2 Å². The van der Waals surface area contributed by atoms with Crippen LogP contribution in [0.1, 0.15) is 48.3 Å². The highest BCUT2D eigenvalue weighted by atomic mass is 16.4. The molecule has 0 bridgehead atoms. The van der Waals surface area contributed by atoms with Gasteiger partial charge in [0.25, 0.3) is 0 Å². The van der Waals surface area contributed by atoms with Crippen molar-refractivity contribution >= 4 is 5.97 Å². The average Bonchev–Trinajstić information content (AvgIpc) is 2.57. The molecule has 0 heterocycles. The third-order valence-corrected chi connectivity index (χ3v) is 5.27. The number of carbonyl (C=O) groups is 1. The van der Waals surface area contributed by atoms with Crippen molar-refractivity contribution in [3.8, 4) is 0 Å². The Morgan fingerprint density at radius 3 is 2.48 bits per heavy atom. The average molecular weight is 337 g/mol. The number of hydrogen-bond acceptors (Lipinski definition) is 2. The van der Waals surface area contributed by atoms with Gasteiger partial charge in [0.15, 0.2) is 0 Å². The van der Waals surface area contributed by atoms with E-state index in [-0.39, 0.29) is 12.5 Å². The van der Waals surface area contributed by atoms with E-state index >= 15 is 0 Å². The number of carboxylic acid groups (broad SMARTS) is 1. The molecular weight excluding hydrogens is 310 g/mol. The lowest BCUT2D eigenvalue weighted by atomic mass is 9.74. The Balaban J connectivity index is 1.56. The van der Waals surface area contributed by atoms with E-state index in [1.807, 2.05) is 18.2 Å². The van der Waals surface area contributed by atoms with Crippen LogP contribution in [-0.4, -0.2) is 23.2 Å². The topological polar surface area (TPSA) is 49.3 Å². The van der Waals surface area contributed by atoms with Gasteiger partial charge in [-0.2, -0.15) is 0 Å². The summed E-state index contributed by atoms with van der Waals surface area (Å²) in [7, 11) is 0. The molecule has 1 fully saturated rings. The van der Waals surface area contributed by atoms with Gasteiger partial charge >= 0.3 is 5.97 Å². The van der Waals surface area contributed by atoms with E-state index in [1.165, 1.54) is 16.7 Å². The number of rotatable bonds is 8. The van der Waals surface area contributed by atoms with Crippen molar-refractivity contribution in [2.75, 3.05) is 0 Å². The van der Waals surface area contributed by atoms with Gasteiger partial charge in [0.1, 0.15) is 0 Å². The molecular formula is C22H27NO2. The maximum absolute atomic E-state index is 11.0. The first kappa shape index (κ1) is 17.7. The van der Waals surface area contributed by atoms with Crippen LogP contribution < -0.4 is 5.32 Å². The first-order chi connectivity index (χ1) is 12.1. The SMILES string of the molecule is Cc1ccccc1C1CC(NC(CCC(=O)O)Cc2ccccc2)C1. The molecule has 3 heteroatoms. The van der Waals surface area contributed by atoms with Crippen molar-refractivity contribution in [2.45, 2.75) is 57.0 Å². The quantitative estimate of drug-likeness (QED) is 0.755. The van der Waals surface area contributed by atoms with E-state index < -0.39 is 5.97 Å². The fourth-order valence-electron chi connectivity index (χ4n) is 3.83. The van der Waals surface area contributed by atoms with E-state index in [2.05, 4.69) is 48.6 Å². The standard InChI is InChI=1S/C22H27NO2/c1-16-7-5-6-10-21(16)18-14-20(15-18)23-19(11-12-22(24)25)13-17-8-3-2-4-9-17/h2-10,18-20,23H,11-15H2,1H3,(H,24,25). The molecule has 1 aliphatic rings. The highest BCUT2D eigenvalue weighted by Crippen LogP contribution is 2.38. The Kier molecular flexibility index (Phi) is 5.87. The molecule has 2 N–H and O–H groups in total. The summed E-state index contributed by atoms with van der Waals surface area (Å²) >= 11 is 0. The van der Waals surface area contributed by atoms with Crippen molar-refractivity contribution in [2.24, 2.45) is 0 Å². The minimum atomic E-state index is -0.716. The second-order valence-electron chi connectivity index (χ2n) is 7.21. The van der Waals surface area contributed by atoms with Gasteiger partial charge in [0, 0.05) is 18.5 Å². The Morgan fingerprint density at radius 2 is 1.80 bits per heavy atom. The molecule has 3 nitrogen and oxygen atoms in total. The van der Waals surface area contributed by atoms with Crippen LogP contribution in [0.2, 0.25) is 0 Å². The van der Waals surface area contributed by atoms with Gasteiger partial charge in [0.05, 0.1) is 0 Å². The Labute approximate surface area is 150 Å². The van der Waals surface area contributed by atoms with E-state index in [9.17, 15) is 4.79 Å². The maximum Gasteiger partial charge on any atom is 0.303 e. The summed E-state index contributed by atoms with van der Waals surface area (Å²) in [6, 6.07) is 19.7. The van der Waals surface area contributed by atoms with Crippen LogP contribution in [0, 0.1) is 6.92 Å². The molecule has 0 aromatic heterocycles. The third kappa shape index (κ3) is 4.93. The predicted octanol–water partition coefficient (Wildman–Crippen LogP) is 4.31. The van der Waals surface area contributed by atoms with Gasteiger partial charge in [-0.3, -0.25) is 4.79 Å². The summed E-state index contributed by atoms with van der Waals surface area (Å²) in [4.78, 5) is 11.0. The monoisotopic (exact) mass is 337 g/mol. The first-order valence-electron chi connectivity index (χ1n) is 9.19. The van der Waals surface area contributed by atoms with Gasteiger partial charge in [-0.1, -0.05) is 54.6 Å². The van der Waals surface area contributed by atoms with Crippen molar-refractivity contribution < 1.29 is 9.90 Å². The smallest absolute Gasteiger partial charge is 0.303 e. The van der Waals surface area contributed by atoms with Crippen molar-refractivity contribution in [3.63, 3.8) is 0 Å². The van der Waals surface area contributed by atoms with Crippen LogP contribution in [0.3, 0.4) is 0 Å². The normalized spacial score (nSPS) is 20.7. The second kappa shape index (κ2) is 8.30. The van der Waals surface area contributed by atoms with Crippen LogP contribution in [0.5, 0.6) is 0 Å². The van der Waals surface area contributed by atoms with Gasteiger partial charge in [-0.15, -0.1) is 0 Å².